The van der Waals surface area contributed by atoms with Crippen molar-refractivity contribution >= 4 is 34.4 Å². The van der Waals surface area contributed by atoms with Gasteiger partial charge in [0, 0.05) is 25.1 Å². The second-order valence-electron chi connectivity index (χ2n) is 12.8. The van der Waals surface area contributed by atoms with E-state index in [-0.39, 0.29) is 50.6 Å². The van der Waals surface area contributed by atoms with Crippen molar-refractivity contribution in [2.45, 2.75) is 77.2 Å². The fourth-order valence-corrected chi connectivity index (χ4v) is 7.17. The summed E-state index contributed by atoms with van der Waals surface area (Å²) >= 11 is 2.17. The van der Waals surface area contributed by atoms with Gasteiger partial charge in [-0.2, -0.15) is 0 Å². The highest BCUT2D eigenvalue weighted by Gasteiger charge is 2.41. The smallest absolute Gasteiger partial charge is 0.248 e. The molecule has 4 rings (SSSR count). The number of amides is 2. The van der Waals surface area contributed by atoms with Crippen LogP contribution in [0.5, 0.6) is 11.5 Å². The van der Waals surface area contributed by atoms with Gasteiger partial charge >= 0.3 is 0 Å². The molecule has 0 saturated heterocycles. The molecule has 10 heteroatoms. The van der Waals surface area contributed by atoms with Crippen LogP contribution in [0, 0.1) is 21.3 Å². The monoisotopic (exact) mass is 748 g/mol. The zero-order valence-corrected chi connectivity index (χ0v) is 29.5. The standard InChI is InChI=1S/C36H49IN2O7/c1-23(2)27-14-13-24(3)19-32(27)45-22-34(41)39(17-15-25-9-5-7-11-30(25)44-4)29-20-26(36(43)38-16-18-40)21-33(35(29)42)46-31-12-8-6-10-28(31)37/h5-12,21,23-24,27,29,32-33,35,40,42H,13-20,22H2,1-4H3,(H,38,43). The van der Waals surface area contributed by atoms with Crippen molar-refractivity contribution in [1.82, 2.24) is 10.2 Å². The quantitative estimate of drug-likeness (QED) is 0.239. The molecule has 0 heterocycles. The molecular weight excluding hydrogens is 699 g/mol. The molecule has 0 radical (unpaired) electrons. The van der Waals surface area contributed by atoms with Crippen molar-refractivity contribution < 1.29 is 34.0 Å². The minimum atomic E-state index is -1.12. The van der Waals surface area contributed by atoms with E-state index in [0.29, 0.717) is 35.5 Å². The maximum absolute atomic E-state index is 14.2. The summed E-state index contributed by atoms with van der Waals surface area (Å²) in [7, 11) is 1.62. The highest BCUT2D eigenvalue weighted by molar-refractivity contribution is 14.1. The molecular formula is C36H49IN2O7. The van der Waals surface area contributed by atoms with E-state index in [1.165, 1.54) is 0 Å². The Morgan fingerprint density at radius 3 is 2.50 bits per heavy atom. The van der Waals surface area contributed by atoms with Crippen LogP contribution >= 0.6 is 22.6 Å². The molecule has 9 nitrogen and oxygen atoms in total. The lowest BCUT2D eigenvalue weighted by Gasteiger charge is -2.41. The highest BCUT2D eigenvalue weighted by Crippen LogP contribution is 2.36. The predicted octanol–water partition coefficient (Wildman–Crippen LogP) is 4.76. The van der Waals surface area contributed by atoms with Gasteiger partial charge in [-0.05, 0) is 89.4 Å². The number of aliphatic hydroxyl groups is 2. The van der Waals surface area contributed by atoms with Crippen LogP contribution < -0.4 is 14.8 Å². The van der Waals surface area contributed by atoms with Gasteiger partial charge in [0.2, 0.25) is 11.8 Å². The number of para-hydroxylation sites is 2. The Kier molecular flexibility index (Phi) is 13.7. The Hall–Kier alpha value is -2.67. The molecule has 2 aliphatic carbocycles. The number of methoxy groups -OCH3 is 1. The molecule has 2 amide bonds. The summed E-state index contributed by atoms with van der Waals surface area (Å²) in [5.41, 5.74) is 1.31. The van der Waals surface area contributed by atoms with E-state index >= 15 is 0 Å². The number of carbonyl (C=O) groups is 2. The van der Waals surface area contributed by atoms with Crippen LogP contribution in [0.1, 0.15) is 52.0 Å². The Bertz CT molecular complexity index is 1330. The summed E-state index contributed by atoms with van der Waals surface area (Å²) in [6, 6.07) is 14.4. The third-order valence-corrected chi connectivity index (χ3v) is 10.1. The van der Waals surface area contributed by atoms with Gasteiger partial charge in [0.05, 0.1) is 29.4 Å². The van der Waals surface area contributed by atoms with Gasteiger partial charge < -0.3 is 34.6 Å². The van der Waals surface area contributed by atoms with E-state index < -0.39 is 18.2 Å². The zero-order chi connectivity index (χ0) is 33.2. The molecule has 252 valence electrons. The first-order valence-corrected chi connectivity index (χ1v) is 17.4. The molecule has 2 aliphatic rings. The van der Waals surface area contributed by atoms with Gasteiger partial charge in [-0.15, -0.1) is 0 Å². The van der Waals surface area contributed by atoms with Crippen molar-refractivity contribution in [1.29, 1.82) is 0 Å². The highest BCUT2D eigenvalue weighted by atomic mass is 127. The van der Waals surface area contributed by atoms with Crippen LogP contribution in [-0.4, -0.2) is 84.7 Å². The van der Waals surface area contributed by atoms with Crippen LogP contribution in [-0.2, 0) is 20.7 Å². The first kappa shape index (κ1) is 36.2. The SMILES string of the molecule is COc1ccccc1CCN(C(=O)COC1CC(C)CCC1C(C)C)C1CC(C(=O)NCCO)=CC(Oc2ccccc2I)C1O. The van der Waals surface area contributed by atoms with E-state index in [0.717, 1.165) is 34.1 Å². The fourth-order valence-electron chi connectivity index (χ4n) is 6.66. The molecule has 1 saturated carbocycles. The lowest BCUT2D eigenvalue weighted by molar-refractivity contribution is -0.148. The number of ether oxygens (including phenoxy) is 3. The Balaban J connectivity index is 1.64. The molecule has 6 atom stereocenters. The topological polar surface area (TPSA) is 118 Å². The van der Waals surface area contributed by atoms with Crippen LogP contribution in [0.25, 0.3) is 0 Å². The van der Waals surface area contributed by atoms with Gasteiger partial charge in [0.1, 0.15) is 30.3 Å². The van der Waals surface area contributed by atoms with E-state index in [4.69, 9.17) is 14.2 Å². The van der Waals surface area contributed by atoms with E-state index in [1.807, 2.05) is 48.5 Å². The summed E-state index contributed by atoms with van der Waals surface area (Å²) in [5.74, 6) is 2.02. The van der Waals surface area contributed by atoms with Crippen molar-refractivity contribution in [3.05, 3.63) is 69.3 Å². The number of halogens is 1. The fraction of sp³-hybridized carbons (Fsp3) is 0.556. The van der Waals surface area contributed by atoms with Crippen LogP contribution in [0.3, 0.4) is 0 Å². The minimum Gasteiger partial charge on any atom is -0.496 e. The first-order chi connectivity index (χ1) is 22.1. The van der Waals surface area contributed by atoms with Gasteiger partial charge in [0.25, 0.3) is 0 Å². The number of hydrogen-bond acceptors (Lipinski definition) is 7. The van der Waals surface area contributed by atoms with E-state index in [9.17, 15) is 19.8 Å². The number of benzene rings is 2. The third kappa shape index (κ3) is 9.45. The molecule has 46 heavy (non-hydrogen) atoms. The Labute approximate surface area is 286 Å². The number of aliphatic hydroxyl groups excluding tert-OH is 2. The molecule has 0 bridgehead atoms. The normalized spacial score (nSPS) is 24.7. The molecule has 0 spiro atoms. The molecule has 1 fully saturated rings. The number of carbonyl (C=O) groups excluding carboxylic acids is 2. The van der Waals surface area contributed by atoms with Crippen molar-refractivity contribution in [3.63, 3.8) is 0 Å². The maximum atomic E-state index is 14.2. The average molecular weight is 749 g/mol. The summed E-state index contributed by atoms with van der Waals surface area (Å²) in [5, 5.41) is 23.9. The van der Waals surface area contributed by atoms with Crippen LogP contribution in [0.15, 0.2) is 60.2 Å². The zero-order valence-electron chi connectivity index (χ0n) is 27.4. The molecule has 3 N–H and O–H groups in total. The molecule has 0 aromatic heterocycles. The van der Waals surface area contributed by atoms with Crippen molar-refractivity contribution in [3.8, 4) is 11.5 Å². The number of rotatable bonds is 14. The number of hydrogen-bond donors (Lipinski definition) is 3. The maximum Gasteiger partial charge on any atom is 0.248 e. The average Bonchev–Trinajstić information content (AvgIpc) is 3.05. The van der Waals surface area contributed by atoms with Crippen LogP contribution in [0.4, 0.5) is 0 Å². The predicted molar refractivity (Wildman–Crippen MR) is 186 cm³/mol. The van der Waals surface area contributed by atoms with Crippen LogP contribution in [0.2, 0.25) is 0 Å². The Morgan fingerprint density at radius 1 is 1.09 bits per heavy atom. The summed E-state index contributed by atoms with van der Waals surface area (Å²) < 4.78 is 19.1. The molecule has 2 aromatic carbocycles. The van der Waals surface area contributed by atoms with E-state index in [2.05, 4.69) is 48.7 Å². The lowest BCUT2D eigenvalue weighted by Crippen LogP contribution is -2.56. The number of nitrogens with zero attached hydrogens (tertiary/aromatic N) is 1. The van der Waals surface area contributed by atoms with E-state index in [1.54, 1.807) is 18.1 Å². The summed E-state index contributed by atoms with van der Waals surface area (Å²) in [6.45, 7) is 6.70. The Morgan fingerprint density at radius 2 is 1.80 bits per heavy atom. The summed E-state index contributed by atoms with van der Waals surface area (Å²) in [4.78, 5) is 29.1. The molecule has 6 unspecified atom stereocenters. The largest absolute Gasteiger partial charge is 0.496 e. The second-order valence-corrected chi connectivity index (χ2v) is 13.9. The summed E-state index contributed by atoms with van der Waals surface area (Å²) in [6.07, 6.45) is 3.34. The molecule has 0 aliphatic heterocycles. The van der Waals surface area contributed by atoms with Gasteiger partial charge in [-0.25, -0.2) is 0 Å². The minimum absolute atomic E-state index is 0.0176. The number of nitrogens with one attached hydrogen (secondary N) is 1. The van der Waals surface area contributed by atoms with Crippen molar-refractivity contribution in [2.75, 3.05) is 33.4 Å². The first-order valence-electron chi connectivity index (χ1n) is 16.3. The van der Waals surface area contributed by atoms with Gasteiger partial charge in [-0.1, -0.05) is 57.5 Å². The molecule has 2 aromatic rings. The lowest BCUT2D eigenvalue weighted by atomic mass is 9.75. The van der Waals surface area contributed by atoms with Crippen molar-refractivity contribution in [2.24, 2.45) is 17.8 Å². The van der Waals surface area contributed by atoms with Gasteiger partial charge in [-0.3, -0.25) is 9.59 Å². The van der Waals surface area contributed by atoms with Gasteiger partial charge in [0.15, 0.2) is 0 Å². The third-order valence-electron chi connectivity index (χ3n) is 9.23. The second kappa shape index (κ2) is 17.5.